The third-order valence-corrected chi connectivity index (χ3v) is 10.1. The molecule has 0 amide bonds. The summed E-state index contributed by atoms with van der Waals surface area (Å²) in [6.45, 7) is 0. The molecular weight excluding hydrogens is 501 g/mol. The highest BCUT2D eigenvalue weighted by atomic mass is 79.9. The van der Waals surface area contributed by atoms with Gasteiger partial charge in [0, 0.05) is 6.20 Å². The Balaban J connectivity index is 0.00000274. The van der Waals surface area contributed by atoms with Gasteiger partial charge >= 0.3 is 0 Å². The maximum Gasteiger partial charge on any atom is 0.152 e. The van der Waals surface area contributed by atoms with E-state index in [0.717, 1.165) is 23.4 Å². The first-order valence-corrected chi connectivity index (χ1v) is 13.1. The van der Waals surface area contributed by atoms with Gasteiger partial charge in [0.2, 0.25) is 0 Å². The Morgan fingerprint density at radius 3 is 1.44 bits per heavy atom. The molecule has 1 heterocycles. The van der Waals surface area contributed by atoms with Crippen LogP contribution in [0.1, 0.15) is 5.69 Å². The first-order valence-electron chi connectivity index (χ1n) is 11.1. The van der Waals surface area contributed by atoms with E-state index in [-0.39, 0.29) is 17.0 Å². The second-order valence-corrected chi connectivity index (χ2v) is 11.3. The number of hydrogen-bond acceptors (Lipinski definition) is 2. The second-order valence-electron chi connectivity index (χ2n) is 7.84. The van der Waals surface area contributed by atoms with Crippen LogP contribution in [0.5, 0.6) is 11.5 Å². The lowest BCUT2D eigenvalue weighted by Crippen LogP contribution is -3.00. The Labute approximate surface area is 212 Å². The summed E-state index contributed by atoms with van der Waals surface area (Å²) in [7, 11) is -2.05. The van der Waals surface area contributed by atoms with Crippen LogP contribution in [0.3, 0.4) is 0 Å². The van der Waals surface area contributed by atoms with Gasteiger partial charge in [0.25, 0.3) is 0 Å². The van der Waals surface area contributed by atoms with Crippen molar-refractivity contribution in [3.05, 3.63) is 145 Å². The molecule has 5 aromatic rings. The number of benzene rings is 4. The van der Waals surface area contributed by atoms with E-state index in [1.807, 2.05) is 48.7 Å². The fourth-order valence-electron chi connectivity index (χ4n) is 4.24. The van der Waals surface area contributed by atoms with Crippen LogP contribution < -0.4 is 37.6 Å². The summed E-state index contributed by atoms with van der Waals surface area (Å²) in [4.78, 5) is 4.84. The highest BCUT2D eigenvalue weighted by molar-refractivity contribution is 7.95. The van der Waals surface area contributed by atoms with E-state index in [1.165, 1.54) is 15.9 Å². The van der Waals surface area contributed by atoms with Gasteiger partial charge in [0.1, 0.15) is 40.8 Å². The highest BCUT2D eigenvalue weighted by Gasteiger charge is 2.46. The Morgan fingerprint density at radius 2 is 0.971 bits per heavy atom. The number of halogens is 1. The van der Waals surface area contributed by atoms with Crippen LogP contribution in [0, 0.1) is 0 Å². The van der Waals surface area contributed by atoms with Crippen molar-refractivity contribution >= 4 is 23.2 Å². The topological polar surface area (TPSA) is 22.1 Å². The van der Waals surface area contributed by atoms with Crippen LogP contribution in [0.4, 0.5) is 0 Å². The van der Waals surface area contributed by atoms with E-state index in [0.29, 0.717) is 0 Å². The second kappa shape index (κ2) is 11.2. The largest absolute Gasteiger partial charge is 1.00 e. The van der Waals surface area contributed by atoms with E-state index >= 15 is 0 Å². The molecule has 0 aliphatic carbocycles. The standard InChI is InChI=1S/C30H25NOP.BrH/c1-5-14-25(15-6-1)32-30-22-13-23-31-29(30)24-33(26-16-7-2-8-17-26,27-18-9-3-10-19-27)28-20-11-4-12-21-28;/h1-23H,24H2;1H/q+1;/p-1. The molecule has 168 valence electrons. The molecule has 0 bridgehead atoms. The summed E-state index contributed by atoms with van der Waals surface area (Å²) in [5.74, 6) is 1.62. The SMILES string of the molecule is [Br-].c1ccc(Oc2cccnc2C[P+](c2ccccc2)(c2ccccc2)c2ccccc2)cc1. The number of hydrogen-bond donors (Lipinski definition) is 0. The lowest BCUT2D eigenvalue weighted by molar-refractivity contribution is -0.00000691. The first-order chi connectivity index (χ1) is 16.4. The molecule has 0 atom stereocenters. The number of rotatable bonds is 7. The average molecular weight is 526 g/mol. The molecule has 34 heavy (non-hydrogen) atoms. The molecule has 2 nitrogen and oxygen atoms in total. The van der Waals surface area contributed by atoms with E-state index in [4.69, 9.17) is 9.72 Å². The molecular formula is C30H25BrNOP. The molecule has 5 rings (SSSR count). The molecule has 0 unspecified atom stereocenters. The fraction of sp³-hybridized carbons (Fsp3) is 0.0333. The van der Waals surface area contributed by atoms with Gasteiger partial charge in [0.05, 0.1) is 0 Å². The van der Waals surface area contributed by atoms with E-state index in [1.54, 1.807) is 0 Å². The van der Waals surface area contributed by atoms with Gasteiger partial charge in [-0.1, -0.05) is 72.8 Å². The van der Waals surface area contributed by atoms with Crippen LogP contribution in [0.2, 0.25) is 0 Å². The fourth-order valence-corrected chi connectivity index (χ4v) is 8.42. The van der Waals surface area contributed by atoms with Crippen LogP contribution in [0.25, 0.3) is 0 Å². The van der Waals surface area contributed by atoms with Crippen molar-refractivity contribution in [2.45, 2.75) is 6.16 Å². The van der Waals surface area contributed by atoms with E-state index in [2.05, 4.69) is 91.0 Å². The Morgan fingerprint density at radius 1 is 0.529 bits per heavy atom. The molecule has 4 heteroatoms. The van der Waals surface area contributed by atoms with E-state index < -0.39 is 7.26 Å². The smallest absolute Gasteiger partial charge is 0.152 e. The summed E-state index contributed by atoms with van der Waals surface area (Å²) < 4.78 is 6.32. The molecule has 0 N–H and O–H groups in total. The zero-order chi connectivity index (χ0) is 22.3. The molecule has 0 saturated heterocycles. The maximum atomic E-state index is 6.32. The van der Waals surface area contributed by atoms with Crippen molar-refractivity contribution in [1.82, 2.24) is 4.98 Å². The minimum Gasteiger partial charge on any atom is -1.00 e. The normalized spacial score (nSPS) is 10.8. The number of ether oxygens (including phenoxy) is 1. The summed E-state index contributed by atoms with van der Waals surface area (Å²) in [6, 6.07) is 46.5. The Kier molecular flexibility index (Phi) is 7.90. The number of pyridine rings is 1. The molecule has 1 aromatic heterocycles. The van der Waals surface area contributed by atoms with Gasteiger partial charge in [-0.2, -0.15) is 0 Å². The van der Waals surface area contributed by atoms with Crippen LogP contribution >= 0.6 is 7.26 Å². The predicted octanol–water partition coefficient (Wildman–Crippen LogP) is 3.37. The maximum absolute atomic E-state index is 6.32. The molecule has 0 saturated carbocycles. The molecule has 4 aromatic carbocycles. The summed E-state index contributed by atoms with van der Waals surface area (Å²) in [6.07, 6.45) is 2.64. The highest BCUT2D eigenvalue weighted by Crippen LogP contribution is 2.58. The minimum atomic E-state index is -2.05. The van der Waals surface area contributed by atoms with Gasteiger partial charge in [0.15, 0.2) is 5.75 Å². The van der Waals surface area contributed by atoms with Crippen molar-refractivity contribution < 1.29 is 21.7 Å². The van der Waals surface area contributed by atoms with Gasteiger partial charge in [-0.25, -0.2) is 0 Å². The third kappa shape index (κ3) is 4.97. The van der Waals surface area contributed by atoms with Crippen LogP contribution in [-0.4, -0.2) is 4.98 Å². The lowest BCUT2D eigenvalue weighted by Gasteiger charge is -2.28. The van der Waals surface area contributed by atoms with Gasteiger partial charge in [-0.3, -0.25) is 4.98 Å². The zero-order valence-corrected chi connectivity index (χ0v) is 21.1. The third-order valence-electron chi connectivity index (χ3n) is 5.80. The van der Waals surface area contributed by atoms with Crippen molar-refractivity contribution in [1.29, 1.82) is 0 Å². The zero-order valence-electron chi connectivity index (χ0n) is 18.7. The molecule has 0 fully saturated rings. The van der Waals surface area contributed by atoms with Crippen molar-refractivity contribution in [2.75, 3.05) is 0 Å². The number of nitrogens with zero attached hydrogens (tertiary/aromatic N) is 1. The Hall–Kier alpha value is -3.26. The van der Waals surface area contributed by atoms with E-state index in [9.17, 15) is 0 Å². The molecule has 0 spiro atoms. The monoisotopic (exact) mass is 525 g/mol. The summed E-state index contributed by atoms with van der Waals surface area (Å²) in [5.41, 5.74) is 0.964. The predicted molar refractivity (Wildman–Crippen MR) is 140 cm³/mol. The first kappa shape index (κ1) is 23.9. The van der Waals surface area contributed by atoms with Gasteiger partial charge < -0.3 is 21.7 Å². The number of aromatic nitrogens is 1. The summed E-state index contributed by atoms with van der Waals surface area (Å²) in [5, 5.41) is 4.00. The molecule has 0 radical (unpaired) electrons. The lowest BCUT2D eigenvalue weighted by atomic mass is 10.3. The van der Waals surface area contributed by atoms with Crippen molar-refractivity contribution in [3.8, 4) is 11.5 Å². The van der Waals surface area contributed by atoms with Gasteiger partial charge in [-0.15, -0.1) is 0 Å². The summed E-state index contributed by atoms with van der Waals surface area (Å²) >= 11 is 0. The van der Waals surface area contributed by atoms with Crippen molar-refractivity contribution in [2.24, 2.45) is 0 Å². The van der Waals surface area contributed by atoms with Gasteiger partial charge in [-0.05, 0) is 60.7 Å². The van der Waals surface area contributed by atoms with Crippen LogP contribution in [-0.2, 0) is 6.16 Å². The van der Waals surface area contributed by atoms with Crippen molar-refractivity contribution in [3.63, 3.8) is 0 Å². The quantitative estimate of drug-likeness (QED) is 0.304. The molecule has 0 aliphatic heterocycles. The number of para-hydroxylation sites is 1. The minimum absolute atomic E-state index is 0. The average Bonchev–Trinajstić information content (AvgIpc) is 2.90. The Bertz CT molecular complexity index is 1200. The van der Waals surface area contributed by atoms with Crippen LogP contribution in [0.15, 0.2) is 140 Å². The molecule has 0 aliphatic rings.